The zero-order chi connectivity index (χ0) is 13.7. The molecule has 0 aliphatic heterocycles. The molecule has 100 valence electrons. The summed E-state index contributed by atoms with van der Waals surface area (Å²) in [5.74, 6) is 0.786. The molecule has 1 aromatic carbocycles. The van der Waals surface area contributed by atoms with Crippen molar-refractivity contribution in [3.8, 4) is 0 Å². The summed E-state index contributed by atoms with van der Waals surface area (Å²) >= 11 is 6.15. The summed E-state index contributed by atoms with van der Waals surface area (Å²) in [6.07, 6.45) is 4.17. The summed E-state index contributed by atoms with van der Waals surface area (Å²) in [4.78, 5) is 8.85. The third kappa shape index (κ3) is 4.01. The van der Waals surface area contributed by atoms with Gasteiger partial charge in [-0.05, 0) is 24.1 Å². The SMILES string of the molecule is CCC(N)Cc1ccnc(Cc2ccccc2Cl)n1. The Morgan fingerprint density at radius 2 is 2.05 bits per heavy atom. The normalized spacial score (nSPS) is 12.4. The van der Waals surface area contributed by atoms with E-state index in [4.69, 9.17) is 17.3 Å². The van der Waals surface area contributed by atoms with E-state index in [0.717, 1.165) is 34.9 Å². The molecule has 0 amide bonds. The van der Waals surface area contributed by atoms with Crippen LogP contribution in [0.5, 0.6) is 0 Å². The molecule has 0 aliphatic carbocycles. The second kappa shape index (κ2) is 6.64. The molecule has 0 aliphatic rings. The second-order valence-corrected chi connectivity index (χ2v) is 5.01. The highest BCUT2D eigenvalue weighted by Crippen LogP contribution is 2.17. The molecule has 1 unspecified atom stereocenters. The van der Waals surface area contributed by atoms with Crippen LogP contribution in [-0.4, -0.2) is 16.0 Å². The molecule has 0 saturated heterocycles. The summed E-state index contributed by atoms with van der Waals surface area (Å²) < 4.78 is 0. The third-order valence-electron chi connectivity index (χ3n) is 3.07. The smallest absolute Gasteiger partial charge is 0.132 e. The van der Waals surface area contributed by atoms with E-state index >= 15 is 0 Å². The molecule has 0 radical (unpaired) electrons. The van der Waals surface area contributed by atoms with Crippen LogP contribution in [0.25, 0.3) is 0 Å². The lowest BCUT2D eigenvalue weighted by atomic mass is 10.1. The first-order chi connectivity index (χ1) is 9.19. The maximum Gasteiger partial charge on any atom is 0.132 e. The van der Waals surface area contributed by atoms with Crippen LogP contribution in [0.3, 0.4) is 0 Å². The molecule has 1 heterocycles. The van der Waals surface area contributed by atoms with Crippen molar-refractivity contribution in [1.29, 1.82) is 0 Å². The number of nitrogens with zero attached hydrogens (tertiary/aromatic N) is 2. The van der Waals surface area contributed by atoms with Crippen LogP contribution in [0, 0.1) is 0 Å². The minimum Gasteiger partial charge on any atom is -0.327 e. The lowest BCUT2D eigenvalue weighted by molar-refractivity contribution is 0.633. The Hall–Kier alpha value is -1.45. The Morgan fingerprint density at radius 3 is 2.79 bits per heavy atom. The Balaban J connectivity index is 2.13. The molecule has 0 fully saturated rings. The van der Waals surface area contributed by atoms with Gasteiger partial charge in [-0.3, -0.25) is 0 Å². The molecule has 2 N–H and O–H groups in total. The average molecular weight is 276 g/mol. The minimum atomic E-state index is 0.156. The molecule has 0 spiro atoms. The van der Waals surface area contributed by atoms with E-state index in [-0.39, 0.29) is 6.04 Å². The molecule has 1 aromatic heterocycles. The Morgan fingerprint density at radius 1 is 1.26 bits per heavy atom. The Kier molecular flexibility index (Phi) is 4.88. The molecule has 0 saturated carbocycles. The van der Waals surface area contributed by atoms with Crippen molar-refractivity contribution in [1.82, 2.24) is 9.97 Å². The molecule has 4 heteroatoms. The largest absolute Gasteiger partial charge is 0.327 e. The highest BCUT2D eigenvalue weighted by Gasteiger charge is 2.06. The van der Waals surface area contributed by atoms with Gasteiger partial charge >= 0.3 is 0 Å². The van der Waals surface area contributed by atoms with Crippen LogP contribution in [0.1, 0.15) is 30.4 Å². The van der Waals surface area contributed by atoms with Gasteiger partial charge in [-0.25, -0.2) is 9.97 Å². The van der Waals surface area contributed by atoms with Crippen molar-refractivity contribution in [2.24, 2.45) is 5.73 Å². The van der Waals surface area contributed by atoms with Crippen LogP contribution in [0.15, 0.2) is 36.5 Å². The lowest BCUT2D eigenvalue weighted by Crippen LogP contribution is -2.22. The maximum atomic E-state index is 6.15. The Bertz CT molecular complexity index is 542. The van der Waals surface area contributed by atoms with E-state index in [2.05, 4.69) is 16.9 Å². The summed E-state index contributed by atoms with van der Waals surface area (Å²) in [5.41, 5.74) is 7.98. The van der Waals surface area contributed by atoms with E-state index in [1.54, 1.807) is 6.20 Å². The van der Waals surface area contributed by atoms with Gasteiger partial charge in [-0.15, -0.1) is 0 Å². The number of benzene rings is 1. The van der Waals surface area contributed by atoms with Gasteiger partial charge in [0.15, 0.2) is 0 Å². The summed E-state index contributed by atoms with van der Waals surface area (Å²) in [6.45, 7) is 2.08. The number of hydrogen-bond donors (Lipinski definition) is 1. The fourth-order valence-corrected chi connectivity index (χ4v) is 2.07. The third-order valence-corrected chi connectivity index (χ3v) is 3.43. The van der Waals surface area contributed by atoms with Crippen LogP contribution in [-0.2, 0) is 12.8 Å². The summed E-state index contributed by atoms with van der Waals surface area (Å²) in [7, 11) is 0. The molecular weight excluding hydrogens is 258 g/mol. The van der Waals surface area contributed by atoms with Gasteiger partial charge in [0.1, 0.15) is 5.82 Å². The van der Waals surface area contributed by atoms with Crippen molar-refractivity contribution in [3.05, 3.63) is 58.6 Å². The summed E-state index contributed by atoms with van der Waals surface area (Å²) in [5, 5.41) is 0.752. The topological polar surface area (TPSA) is 51.8 Å². The minimum absolute atomic E-state index is 0.156. The molecule has 2 aromatic rings. The fourth-order valence-electron chi connectivity index (χ4n) is 1.87. The predicted octanol–water partition coefficient (Wildman–Crippen LogP) is 3.00. The van der Waals surface area contributed by atoms with Crippen LogP contribution in [0.2, 0.25) is 5.02 Å². The van der Waals surface area contributed by atoms with E-state index in [9.17, 15) is 0 Å². The predicted molar refractivity (Wildman–Crippen MR) is 78.3 cm³/mol. The number of hydrogen-bond acceptors (Lipinski definition) is 3. The number of halogens is 1. The average Bonchev–Trinajstić information content (AvgIpc) is 2.42. The van der Waals surface area contributed by atoms with Crippen LogP contribution in [0.4, 0.5) is 0 Å². The van der Waals surface area contributed by atoms with E-state index in [1.165, 1.54) is 0 Å². The van der Waals surface area contributed by atoms with Crippen molar-refractivity contribution >= 4 is 11.6 Å². The maximum absolute atomic E-state index is 6.15. The highest BCUT2D eigenvalue weighted by atomic mass is 35.5. The van der Waals surface area contributed by atoms with Crippen LogP contribution >= 0.6 is 11.6 Å². The zero-order valence-corrected chi connectivity index (χ0v) is 11.8. The highest BCUT2D eigenvalue weighted by molar-refractivity contribution is 6.31. The fraction of sp³-hybridized carbons (Fsp3) is 0.333. The van der Waals surface area contributed by atoms with Crippen molar-refractivity contribution in [2.45, 2.75) is 32.2 Å². The number of aromatic nitrogens is 2. The lowest BCUT2D eigenvalue weighted by Gasteiger charge is -2.09. The van der Waals surface area contributed by atoms with Gasteiger partial charge in [0, 0.05) is 35.8 Å². The van der Waals surface area contributed by atoms with Crippen molar-refractivity contribution in [2.75, 3.05) is 0 Å². The van der Waals surface area contributed by atoms with Crippen molar-refractivity contribution in [3.63, 3.8) is 0 Å². The number of rotatable bonds is 5. The summed E-state index contributed by atoms with van der Waals surface area (Å²) in [6, 6.07) is 9.85. The first-order valence-electron chi connectivity index (χ1n) is 6.48. The molecule has 3 nitrogen and oxygen atoms in total. The molecule has 0 bridgehead atoms. The molecule has 1 atom stereocenters. The zero-order valence-electron chi connectivity index (χ0n) is 11.0. The first kappa shape index (κ1) is 14.0. The molecule has 19 heavy (non-hydrogen) atoms. The molecule has 2 rings (SSSR count). The standard InChI is InChI=1S/C15H18ClN3/c1-2-12(17)10-13-7-8-18-15(19-13)9-11-5-3-4-6-14(11)16/h3-8,12H,2,9-10,17H2,1H3. The monoisotopic (exact) mass is 275 g/mol. The Labute approximate surface area is 118 Å². The van der Waals surface area contributed by atoms with Gasteiger partial charge in [-0.2, -0.15) is 0 Å². The molecular formula is C15H18ClN3. The second-order valence-electron chi connectivity index (χ2n) is 4.60. The van der Waals surface area contributed by atoms with Gasteiger partial charge in [-0.1, -0.05) is 36.7 Å². The van der Waals surface area contributed by atoms with Crippen molar-refractivity contribution < 1.29 is 0 Å². The number of nitrogens with two attached hydrogens (primary N) is 1. The van der Waals surface area contributed by atoms with Gasteiger partial charge in [0.05, 0.1) is 0 Å². The van der Waals surface area contributed by atoms with E-state index < -0.39 is 0 Å². The van der Waals surface area contributed by atoms with Crippen LogP contribution < -0.4 is 5.73 Å². The first-order valence-corrected chi connectivity index (χ1v) is 6.86. The van der Waals surface area contributed by atoms with E-state index in [1.807, 2.05) is 30.3 Å². The van der Waals surface area contributed by atoms with Gasteiger partial charge < -0.3 is 5.73 Å². The van der Waals surface area contributed by atoms with Gasteiger partial charge in [0.2, 0.25) is 0 Å². The van der Waals surface area contributed by atoms with E-state index in [0.29, 0.717) is 6.42 Å². The quantitative estimate of drug-likeness (QED) is 0.913. The van der Waals surface area contributed by atoms with Gasteiger partial charge in [0.25, 0.3) is 0 Å².